The number of hydrogen-bond acceptors (Lipinski definition) is 4. The summed E-state index contributed by atoms with van der Waals surface area (Å²) < 4.78 is 0. The number of halogens is 2. The van der Waals surface area contributed by atoms with Crippen LogP contribution >= 0.6 is 36.2 Å². The zero-order valence-electron chi connectivity index (χ0n) is 12.1. The van der Waals surface area contributed by atoms with Gasteiger partial charge in [0, 0.05) is 12.6 Å². The standard InChI is InChI=1S/C13H21N3OS.2ClH/c1-8(2)6-11-12(18-9(3)15-11)13(17)16-10-4-5-14-7-10;;/h8,10,14H,4-7H2,1-3H3,(H,16,17);2*1H. The Bertz CT molecular complexity index is 431. The molecule has 0 bridgehead atoms. The summed E-state index contributed by atoms with van der Waals surface area (Å²) in [5.74, 6) is 0.566. The molecule has 0 radical (unpaired) electrons. The summed E-state index contributed by atoms with van der Waals surface area (Å²) in [5, 5.41) is 7.32. The molecule has 1 aromatic rings. The van der Waals surface area contributed by atoms with E-state index in [4.69, 9.17) is 0 Å². The van der Waals surface area contributed by atoms with Crippen molar-refractivity contribution in [3.05, 3.63) is 15.6 Å². The topological polar surface area (TPSA) is 54.0 Å². The van der Waals surface area contributed by atoms with Crippen molar-refractivity contribution in [3.63, 3.8) is 0 Å². The number of hydrogen-bond donors (Lipinski definition) is 2. The van der Waals surface area contributed by atoms with Gasteiger partial charge in [-0.2, -0.15) is 0 Å². The van der Waals surface area contributed by atoms with Gasteiger partial charge in [-0.3, -0.25) is 4.79 Å². The van der Waals surface area contributed by atoms with Crippen molar-refractivity contribution in [1.82, 2.24) is 15.6 Å². The number of nitrogens with one attached hydrogen (secondary N) is 2. The molecule has 1 aliphatic heterocycles. The molecule has 2 heterocycles. The molecule has 1 amide bonds. The average Bonchev–Trinajstić information content (AvgIpc) is 2.87. The van der Waals surface area contributed by atoms with Crippen LogP contribution in [0.4, 0.5) is 0 Å². The Labute approximate surface area is 137 Å². The number of rotatable bonds is 4. The summed E-state index contributed by atoms with van der Waals surface area (Å²) in [6.45, 7) is 8.13. The number of aryl methyl sites for hydroxylation is 1. The first-order valence-electron chi connectivity index (χ1n) is 6.54. The SMILES string of the molecule is Cc1nc(CC(C)C)c(C(=O)NC2CCNC2)s1.Cl.Cl. The molecule has 0 spiro atoms. The first-order chi connectivity index (χ1) is 8.56. The lowest BCUT2D eigenvalue weighted by Crippen LogP contribution is -2.36. The second-order valence-corrected chi connectivity index (χ2v) is 6.47. The number of carbonyl (C=O) groups excluding carboxylic acids is 1. The predicted octanol–water partition coefficient (Wildman–Crippen LogP) is 2.59. The molecule has 1 aliphatic rings. The molecule has 1 fully saturated rings. The molecule has 1 unspecified atom stereocenters. The van der Waals surface area contributed by atoms with Gasteiger partial charge in [-0.25, -0.2) is 4.98 Å². The van der Waals surface area contributed by atoms with Crippen molar-refractivity contribution in [2.75, 3.05) is 13.1 Å². The van der Waals surface area contributed by atoms with E-state index < -0.39 is 0 Å². The van der Waals surface area contributed by atoms with Gasteiger partial charge < -0.3 is 10.6 Å². The molecule has 1 saturated heterocycles. The molecular weight excluding hydrogens is 317 g/mol. The maximum absolute atomic E-state index is 12.2. The first kappa shape index (κ1) is 19.6. The van der Waals surface area contributed by atoms with Gasteiger partial charge in [0.25, 0.3) is 5.91 Å². The van der Waals surface area contributed by atoms with E-state index in [1.807, 2.05) is 6.92 Å². The molecule has 0 saturated carbocycles. The fraction of sp³-hybridized carbons (Fsp3) is 0.692. The smallest absolute Gasteiger partial charge is 0.263 e. The van der Waals surface area contributed by atoms with Gasteiger partial charge in [0.15, 0.2) is 0 Å². The largest absolute Gasteiger partial charge is 0.347 e. The molecule has 0 aliphatic carbocycles. The third kappa shape index (κ3) is 5.20. The molecule has 2 rings (SSSR count). The number of aromatic nitrogens is 1. The number of carbonyl (C=O) groups is 1. The minimum absolute atomic E-state index is 0. The zero-order chi connectivity index (χ0) is 13.1. The van der Waals surface area contributed by atoms with Crippen molar-refractivity contribution >= 4 is 42.1 Å². The minimum atomic E-state index is 0. The highest BCUT2D eigenvalue weighted by Crippen LogP contribution is 2.21. The van der Waals surface area contributed by atoms with Gasteiger partial charge in [-0.1, -0.05) is 13.8 Å². The van der Waals surface area contributed by atoms with Crippen LogP contribution in [-0.4, -0.2) is 30.0 Å². The molecule has 20 heavy (non-hydrogen) atoms. The van der Waals surface area contributed by atoms with E-state index in [9.17, 15) is 4.79 Å². The van der Waals surface area contributed by atoms with Crippen LogP contribution in [0.3, 0.4) is 0 Å². The Balaban J connectivity index is 0.00000180. The highest BCUT2D eigenvalue weighted by Gasteiger charge is 2.22. The van der Waals surface area contributed by atoms with Crippen LogP contribution < -0.4 is 10.6 Å². The molecule has 2 N–H and O–H groups in total. The summed E-state index contributed by atoms with van der Waals surface area (Å²) in [6.07, 6.45) is 1.89. The van der Waals surface area contributed by atoms with Gasteiger partial charge in [0.1, 0.15) is 4.88 Å². The lowest BCUT2D eigenvalue weighted by molar-refractivity contribution is 0.0943. The second kappa shape index (κ2) is 8.82. The van der Waals surface area contributed by atoms with Gasteiger partial charge in [0.2, 0.25) is 0 Å². The molecule has 1 aromatic heterocycles. The van der Waals surface area contributed by atoms with Gasteiger partial charge in [0.05, 0.1) is 10.7 Å². The fourth-order valence-electron chi connectivity index (χ4n) is 2.20. The van der Waals surface area contributed by atoms with Crippen LogP contribution in [-0.2, 0) is 6.42 Å². The van der Waals surface area contributed by atoms with Crippen LogP contribution in [0.15, 0.2) is 0 Å². The highest BCUT2D eigenvalue weighted by molar-refractivity contribution is 7.13. The van der Waals surface area contributed by atoms with Crippen molar-refractivity contribution in [1.29, 1.82) is 0 Å². The minimum Gasteiger partial charge on any atom is -0.347 e. The summed E-state index contributed by atoms with van der Waals surface area (Å²) in [6, 6.07) is 0.270. The zero-order valence-corrected chi connectivity index (χ0v) is 14.5. The van der Waals surface area contributed by atoms with Gasteiger partial charge >= 0.3 is 0 Å². The Hall–Kier alpha value is -0.360. The van der Waals surface area contributed by atoms with E-state index in [2.05, 4.69) is 29.5 Å². The number of nitrogens with zero attached hydrogens (tertiary/aromatic N) is 1. The maximum atomic E-state index is 12.2. The van der Waals surface area contributed by atoms with E-state index >= 15 is 0 Å². The lowest BCUT2D eigenvalue weighted by atomic mass is 10.1. The Morgan fingerprint density at radius 1 is 1.50 bits per heavy atom. The Kier molecular flexibility index (Phi) is 8.66. The third-order valence-corrected chi connectivity index (χ3v) is 4.02. The lowest BCUT2D eigenvalue weighted by Gasteiger charge is -2.11. The summed E-state index contributed by atoms with van der Waals surface area (Å²) in [5.41, 5.74) is 0.955. The van der Waals surface area contributed by atoms with E-state index in [0.29, 0.717) is 5.92 Å². The van der Waals surface area contributed by atoms with Gasteiger partial charge in [-0.15, -0.1) is 36.2 Å². The molecule has 4 nitrogen and oxygen atoms in total. The normalized spacial score (nSPS) is 17.5. The van der Waals surface area contributed by atoms with Crippen LogP contribution in [0, 0.1) is 12.8 Å². The van der Waals surface area contributed by atoms with Crippen LogP contribution in [0.2, 0.25) is 0 Å². The van der Waals surface area contributed by atoms with Crippen molar-refractivity contribution < 1.29 is 4.79 Å². The third-order valence-electron chi connectivity index (χ3n) is 3.01. The van der Waals surface area contributed by atoms with E-state index in [1.165, 1.54) is 11.3 Å². The van der Waals surface area contributed by atoms with Crippen molar-refractivity contribution in [2.45, 2.75) is 39.7 Å². The quantitative estimate of drug-likeness (QED) is 0.886. The van der Waals surface area contributed by atoms with Gasteiger partial charge in [-0.05, 0) is 32.2 Å². The van der Waals surface area contributed by atoms with E-state index in [1.54, 1.807) is 0 Å². The van der Waals surface area contributed by atoms with E-state index in [0.717, 1.165) is 41.5 Å². The summed E-state index contributed by atoms with van der Waals surface area (Å²) in [4.78, 5) is 17.5. The van der Waals surface area contributed by atoms with Crippen LogP contribution in [0.5, 0.6) is 0 Å². The van der Waals surface area contributed by atoms with Crippen molar-refractivity contribution in [3.8, 4) is 0 Å². The summed E-state index contributed by atoms with van der Waals surface area (Å²) >= 11 is 1.50. The fourth-order valence-corrected chi connectivity index (χ4v) is 3.05. The van der Waals surface area contributed by atoms with E-state index in [-0.39, 0.29) is 36.8 Å². The first-order valence-corrected chi connectivity index (χ1v) is 7.35. The van der Waals surface area contributed by atoms with Crippen LogP contribution in [0.25, 0.3) is 0 Å². The monoisotopic (exact) mass is 339 g/mol. The molecule has 7 heteroatoms. The number of thiazole rings is 1. The van der Waals surface area contributed by atoms with Crippen molar-refractivity contribution in [2.24, 2.45) is 5.92 Å². The molecule has 116 valence electrons. The molecule has 1 atom stereocenters. The van der Waals surface area contributed by atoms with Crippen LogP contribution in [0.1, 0.15) is 40.6 Å². The highest BCUT2D eigenvalue weighted by atomic mass is 35.5. The molecular formula is C13H23Cl2N3OS. The number of amides is 1. The maximum Gasteiger partial charge on any atom is 0.263 e. The second-order valence-electron chi connectivity index (χ2n) is 5.27. The predicted molar refractivity (Wildman–Crippen MR) is 88.6 cm³/mol. The molecule has 0 aromatic carbocycles. The Morgan fingerprint density at radius 3 is 2.75 bits per heavy atom. The average molecular weight is 340 g/mol. The Morgan fingerprint density at radius 2 is 2.20 bits per heavy atom. The summed E-state index contributed by atoms with van der Waals surface area (Å²) in [7, 11) is 0.